The molecule has 0 aromatic heterocycles. The van der Waals surface area contributed by atoms with Crippen LogP contribution in [0.2, 0.25) is 0 Å². The first-order valence-electron chi connectivity index (χ1n) is 6.46. The van der Waals surface area contributed by atoms with Crippen LogP contribution >= 0.6 is 0 Å². The molecule has 2 atom stereocenters. The number of benzene rings is 2. The monoisotopic (exact) mass is 245 g/mol. The third-order valence-corrected chi connectivity index (χ3v) is 3.60. The lowest BCUT2D eigenvalue weighted by molar-refractivity contribution is 0.189. The lowest BCUT2D eigenvalue weighted by atomic mass is 9.87. The SMILES string of the molecule is CC(C)C(CN)C(F)c1ccc2ccccc2c1. The van der Waals surface area contributed by atoms with Crippen molar-refractivity contribution in [2.75, 3.05) is 6.54 Å². The lowest BCUT2D eigenvalue weighted by Crippen LogP contribution is -2.24. The van der Waals surface area contributed by atoms with Gasteiger partial charge in [-0.25, -0.2) is 4.39 Å². The molecule has 0 spiro atoms. The zero-order chi connectivity index (χ0) is 13.1. The summed E-state index contributed by atoms with van der Waals surface area (Å²) < 4.78 is 14.5. The van der Waals surface area contributed by atoms with Crippen molar-refractivity contribution in [3.8, 4) is 0 Å². The molecule has 0 fully saturated rings. The minimum Gasteiger partial charge on any atom is -0.330 e. The molecule has 0 saturated carbocycles. The highest BCUT2D eigenvalue weighted by molar-refractivity contribution is 5.83. The van der Waals surface area contributed by atoms with E-state index in [1.54, 1.807) is 0 Å². The Bertz CT molecular complexity index is 521. The Morgan fingerprint density at radius 1 is 1.06 bits per heavy atom. The Morgan fingerprint density at radius 3 is 2.33 bits per heavy atom. The summed E-state index contributed by atoms with van der Waals surface area (Å²) in [5.41, 5.74) is 6.42. The summed E-state index contributed by atoms with van der Waals surface area (Å²) in [4.78, 5) is 0. The standard InChI is InChI=1S/C16H20FN/c1-11(2)15(10-18)16(17)14-8-7-12-5-3-4-6-13(12)9-14/h3-9,11,15-16H,10,18H2,1-2H3. The van der Waals surface area contributed by atoms with Crippen molar-refractivity contribution in [2.45, 2.75) is 20.0 Å². The smallest absolute Gasteiger partial charge is 0.129 e. The van der Waals surface area contributed by atoms with Gasteiger partial charge in [-0.1, -0.05) is 50.2 Å². The Labute approximate surface area is 108 Å². The van der Waals surface area contributed by atoms with Gasteiger partial charge >= 0.3 is 0 Å². The van der Waals surface area contributed by atoms with Crippen molar-refractivity contribution in [1.29, 1.82) is 0 Å². The summed E-state index contributed by atoms with van der Waals surface area (Å²) in [5, 5.41) is 2.22. The van der Waals surface area contributed by atoms with Crippen molar-refractivity contribution < 1.29 is 4.39 Å². The van der Waals surface area contributed by atoms with E-state index < -0.39 is 6.17 Å². The van der Waals surface area contributed by atoms with Crippen LogP contribution in [0.25, 0.3) is 10.8 Å². The number of fused-ring (bicyclic) bond motifs is 1. The molecular formula is C16H20FN. The quantitative estimate of drug-likeness (QED) is 0.863. The van der Waals surface area contributed by atoms with Crippen molar-refractivity contribution in [1.82, 2.24) is 0 Å². The van der Waals surface area contributed by atoms with Gasteiger partial charge in [-0.2, -0.15) is 0 Å². The fourth-order valence-electron chi connectivity index (χ4n) is 2.36. The minimum atomic E-state index is -0.986. The van der Waals surface area contributed by atoms with Gasteiger partial charge in [-0.3, -0.25) is 0 Å². The fraction of sp³-hybridized carbons (Fsp3) is 0.375. The van der Waals surface area contributed by atoms with Gasteiger partial charge in [0.25, 0.3) is 0 Å². The topological polar surface area (TPSA) is 26.0 Å². The molecule has 0 saturated heterocycles. The number of halogens is 1. The molecule has 0 bridgehead atoms. The summed E-state index contributed by atoms with van der Waals surface area (Å²) in [7, 11) is 0. The molecule has 96 valence electrons. The van der Waals surface area contributed by atoms with Crippen molar-refractivity contribution in [3.63, 3.8) is 0 Å². The molecule has 0 heterocycles. The number of rotatable bonds is 4. The Morgan fingerprint density at radius 2 is 1.72 bits per heavy atom. The Balaban J connectivity index is 2.35. The van der Waals surface area contributed by atoms with Crippen LogP contribution in [0.3, 0.4) is 0 Å². The molecule has 18 heavy (non-hydrogen) atoms. The van der Waals surface area contributed by atoms with E-state index in [2.05, 4.69) is 0 Å². The van der Waals surface area contributed by atoms with Gasteiger partial charge < -0.3 is 5.73 Å². The first kappa shape index (κ1) is 13.0. The van der Waals surface area contributed by atoms with Crippen molar-refractivity contribution in [3.05, 3.63) is 48.0 Å². The maximum Gasteiger partial charge on any atom is 0.129 e. The van der Waals surface area contributed by atoms with Crippen LogP contribution in [0.15, 0.2) is 42.5 Å². The molecule has 2 aromatic carbocycles. The first-order valence-corrected chi connectivity index (χ1v) is 6.46. The van der Waals surface area contributed by atoms with E-state index in [1.807, 2.05) is 56.3 Å². The molecule has 0 aliphatic heterocycles. The molecule has 1 nitrogen and oxygen atoms in total. The molecule has 0 aliphatic carbocycles. The summed E-state index contributed by atoms with van der Waals surface area (Å²) in [6.07, 6.45) is -0.986. The van der Waals surface area contributed by atoms with Crippen LogP contribution in [-0.4, -0.2) is 6.54 Å². The molecule has 2 aromatic rings. The van der Waals surface area contributed by atoms with Crippen LogP contribution in [-0.2, 0) is 0 Å². The number of hydrogen-bond acceptors (Lipinski definition) is 1. The second-order valence-electron chi connectivity index (χ2n) is 5.15. The van der Waals surface area contributed by atoms with E-state index in [-0.39, 0.29) is 11.8 Å². The maximum absolute atomic E-state index is 14.5. The molecule has 2 N–H and O–H groups in total. The third-order valence-electron chi connectivity index (χ3n) is 3.60. The molecule has 2 rings (SSSR count). The predicted octanol–water partition coefficient (Wildman–Crippen LogP) is 4.08. The highest BCUT2D eigenvalue weighted by Crippen LogP contribution is 2.32. The van der Waals surface area contributed by atoms with Crippen LogP contribution in [0.5, 0.6) is 0 Å². The van der Waals surface area contributed by atoms with Gasteiger partial charge in [0.2, 0.25) is 0 Å². The van der Waals surface area contributed by atoms with Gasteiger partial charge in [-0.15, -0.1) is 0 Å². The average molecular weight is 245 g/mol. The van der Waals surface area contributed by atoms with Crippen molar-refractivity contribution in [2.24, 2.45) is 17.6 Å². The summed E-state index contributed by atoms with van der Waals surface area (Å²) in [6.45, 7) is 4.42. The average Bonchev–Trinajstić information content (AvgIpc) is 2.38. The van der Waals surface area contributed by atoms with Gasteiger partial charge in [0.1, 0.15) is 6.17 Å². The molecule has 0 aliphatic rings. The fourth-order valence-corrected chi connectivity index (χ4v) is 2.36. The van der Waals surface area contributed by atoms with Gasteiger partial charge in [0.05, 0.1) is 0 Å². The number of hydrogen-bond donors (Lipinski definition) is 1. The zero-order valence-corrected chi connectivity index (χ0v) is 10.9. The van der Waals surface area contributed by atoms with Crippen LogP contribution in [0.1, 0.15) is 25.6 Å². The molecule has 2 heteroatoms. The maximum atomic E-state index is 14.5. The van der Waals surface area contributed by atoms with Crippen molar-refractivity contribution >= 4 is 10.8 Å². The molecule has 2 unspecified atom stereocenters. The van der Waals surface area contributed by atoms with E-state index in [1.165, 1.54) is 0 Å². The summed E-state index contributed by atoms with van der Waals surface area (Å²) in [5.74, 6) is 0.127. The minimum absolute atomic E-state index is 0.119. The summed E-state index contributed by atoms with van der Waals surface area (Å²) >= 11 is 0. The number of nitrogens with two attached hydrogens (primary N) is 1. The first-order chi connectivity index (χ1) is 8.63. The van der Waals surface area contributed by atoms with Crippen LogP contribution in [0, 0.1) is 11.8 Å². The molecular weight excluding hydrogens is 225 g/mol. The highest BCUT2D eigenvalue weighted by Gasteiger charge is 2.24. The van der Waals surface area contributed by atoms with Gasteiger partial charge in [0.15, 0.2) is 0 Å². The van der Waals surface area contributed by atoms with E-state index in [0.29, 0.717) is 6.54 Å². The van der Waals surface area contributed by atoms with Gasteiger partial charge in [-0.05, 0) is 34.9 Å². The van der Waals surface area contributed by atoms with E-state index >= 15 is 0 Å². The Kier molecular flexibility index (Phi) is 3.97. The normalized spacial score (nSPS) is 14.9. The number of alkyl halides is 1. The van der Waals surface area contributed by atoms with E-state index in [9.17, 15) is 4.39 Å². The lowest BCUT2D eigenvalue weighted by Gasteiger charge is -2.23. The second kappa shape index (κ2) is 5.49. The zero-order valence-electron chi connectivity index (χ0n) is 10.9. The molecule has 0 amide bonds. The predicted molar refractivity (Wildman–Crippen MR) is 75.2 cm³/mol. The third kappa shape index (κ3) is 2.54. The largest absolute Gasteiger partial charge is 0.330 e. The van der Waals surface area contributed by atoms with E-state index in [0.717, 1.165) is 16.3 Å². The second-order valence-corrected chi connectivity index (χ2v) is 5.15. The van der Waals surface area contributed by atoms with Crippen LogP contribution < -0.4 is 5.73 Å². The highest BCUT2D eigenvalue weighted by atomic mass is 19.1. The van der Waals surface area contributed by atoms with Crippen LogP contribution in [0.4, 0.5) is 4.39 Å². The van der Waals surface area contributed by atoms with E-state index in [4.69, 9.17) is 5.73 Å². The molecule has 0 radical (unpaired) electrons. The summed E-state index contributed by atoms with van der Waals surface area (Å²) in [6, 6.07) is 13.8. The Hall–Kier alpha value is -1.41. The van der Waals surface area contributed by atoms with Gasteiger partial charge in [0, 0.05) is 5.92 Å².